The van der Waals surface area contributed by atoms with Gasteiger partial charge >= 0.3 is 0 Å². The number of carbonyl (C=O) groups is 3. The highest BCUT2D eigenvalue weighted by Gasteiger charge is 2.25. The summed E-state index contributed by atoms with van der Waals surface area (Å²) in [6, 6.07) is 12.5. The van der Waals surface area contributed by atoms with E-state index in [-0.39, 0.29) is 5.91 Å². The molecule has 0 spiro atoms. The van der Waals surface area contributed by atoms with Crippen LogP contribution in [0.15, 0.2) is 48.5 Å². The summed E-state index contributed by atoms with van der Waals surface area (Å²) in [5, 5.41) is 23.9. The molecule has 2 aromatic carbocycles. The number of carbonyl (C=O) groups excluding carboxylic acids is 3. The highest BCUT2D eigenvalue weighted by atomic mass is 16.3. The maximum atomic E-state index is 12.3. The Morgan fingerprint density at radius 1 is 1.00 bits per heavy atom. The molecule has 0 aliphatic carbocycles. The number of amides is 2. The number of likely N-dealkylation sites (N-methyl/N-ethyl adjacent to an activating group) is 1. The molecule has 33 heavy (non-hydrogen) atoms. The number of nitrogens with zero attached hydrogens (tertiary/aromatic N) is 1. The molecule has 2 rings (SSSR count). The summed E-state index contributed by atoms with van der Waals surface area (Å²) >= 11 is 0. The minimum Gasteiger partial charge on any atom is -0.391 e. The number of rotatable bonds is 9. The number of ketones is 1. The fourth-order valence-corrected chi connectivity index (χ4v) is 2.84. The van der Waals surface area contributed by atoms with Gasteiger partial charge in [0.15, 0.2) is 5.78 Å². The first-order valence-electron chi connectivity index (χ1n) is 10.6. The lowest BCUT2D eigenvalue weighted by atomic mass is 10.1. The minimum atomic E-state index is -1.18. The van der Waals surface area contributed by atoms with E-state index in [2.05, 4.69) is 22.5 Å². The van der Waals surface area contributed by atoms with Gasteiger partial charge in [-0.1, -0.05) is 18.8 Å². The fourth-order valence-electron chi connectivity index (χ4n) is 2.84. The van der Waals surface area contributed by atoms with Crippen LogP contribution in [0, 0.1) is 11.8 Å². The van der Waals surface area contributed by atoms with Crippen LogP contribution in [-0.4, -0.2) is 71.6 Å². The van der Waals surface area contributed by atoms with Crippen molar-refractivity contribution in [1.29, 1.82) is 0 Å². The summed E-state index contributed by atoms with van der Waals surface area (Å²) in [7, 11) is 1.88. The third kappa shape index (κ3) is 8.16. The normalized spacial score (nSPS) is 12.3. The van der Waals surface area contributed by atoms with Crippen molar-refractivity contribution in [1.82, 2.24) is 10.2 Å². The third-order valence-electron chi connectivity index (χ3n) is 4.89. The minimum absolute atomic E-state index is 0.0807. The van der Waals surface area contributed by atoms with Gasteiger partial charge in [0.1, 0.15) is 12.6 Å². The summed E-state index contributed by atoms with van der Waals surface area (Å²) in [6.45, 7) is 3.69. The van der Waals surface area contributed by atoms with Crippen LogP contribution >= 0.6 is 0 Å². The van der Waals surface area contributed by atoms with Gasteiger partial charge in [-0.2, -0.15) is 0 Å². The fraction of sp³-hybridized carbons (Fsp3) is 0.320. The number of hydrogen-bond acceptors (Lipinski definition) is 6. The summed E-state index contributed by atoms with van der Waals surface area (Å²) in [6.07, 6.45) is -1.13. The predicted octanol–water partition coefficient (Wildman–Crippen LogP) is 1.02. The van der Waals surface area contributed by atoms with Crippen LogP contribution in [0.4, 0.5) is 5.69 Å². The van der Waals surface area contributed by atoms with Crippen LogP contribution in [0.5, 0.6) is 0 Å². The van der Waals surface area contributed by atoms with Crippen molar-refractivity contribution in [2.45, 2.75) is 26.0 Å². The maximum absolute atomic E-state index is 12.3. The van der Waals surface area contributed by atoms with E-state index in [1.165, 1.54) is 6.92 Å². The predicted molar refractivity (Wildman–Crippen MR) is 126 cm³/mol. The molecule has 0 saturated heterocycles. The molecule has 8 heteroatoms. The average Bonchev–Trinajstić information content (AvgIpc) is 2.81. The van der Waals surface area contributed by atoms with Crippen molar-refractivity contribution in [3.05, 3.63) is 65.2 Å². The molecular formula is C25H29N3O5. The first-order valence-corrected chi connectivity index (χ1v) is 10.6. The first-order chi connectivity index (χ1) is 15.7. The van der Waals surface area contributed by atoms with Crippen molar-refractivity contribution >= 4 is 23.3 Å². The molecule has 0 fully saturated rings. The van der Waals surface area contributed by atoms with E-state index in [1.54, 1.807) is 36.4 Å². The van der Waals surface area contributed by atoms with Crippen molar-refractivity contribution in [3.63, 3.8) is 0 Å². The molecule has 2 atom stereocenters. The van der Waals surface area contributed by atoms with Crippen molar-refractivity contribution in [3.8, 4) is 11.8 Å². The van der Waals surface area contributed by atoms with Gasteiger partial charge in [-0.25, -0.2) is 0 Å². The van der Waals surface area contributed by atoms with Gasteiger partial charge < -0.3 is 20.8 Å². The maximum Gasteiger partial charge on any atom is 0.251 e. The van der Waals surface area contributed by atoms with Crippen molar-refractivity contribution in [2.75, 3.05) is 32.1 Å². The standard InChI is InChI=1S/C25H29N3O5/c1-4-28(3)15-23(32)26-21-13-9-19(10-14-21)6-5-18-7-11-20(12-8-18)25(33)27-24(17(2)30)22(31)16-29/h7-14,17,24,29-30H,4,15-16H2,1-3H3,(H,26,32)(H,27,33)/t17-,24+/m1/s1. The zero-order chi connectivity index (χ0) is 24.4. The number of benzene rings is 2. The summed E-state index contributed by atoms with van der Waals surface area (Å²) in [4.78, 5) is 37.8. The number of hydrogen-bond donors (Lipinski definition) is 4. The van der Waals surface area contributed by atoms with E-state index >= 15 is 0 Å². The SMILES string of the molecule is CCN(C)CC(=O)Nc1ccc(C#Cc2ccc(C(=O)N[C@H](C(=O)CO)[C@@H](C)O)cc2)cc1. The Kier molecular flexibility index (Phi) is 9.76. The Morgan fingerprint density at radius 3 is 2.03 bits per heavy atom. The molecule has 174 valence electrons. The van der Waals surface area contributed by atoms with Crippen LogP contribution in [-0.2, 0) is 9.59 Å². The lowest BCUT2D eigenvalue weighted by Crippen LogP contribution is -2.48. The van der Waals surface area contributed by atoms with Crippen LogP contribution in [0.2, 0.25) is 0 Å². The topological polar surface area (TPSA) is 119 Å². The molecule has 2 amide bonds. The van der Waals surface area contributed by atoms with Gasteiger partial charge in [0.2, 0.25) is 5.91 Å². The Hall–Kier alpha value is -3.51. The number of anilines is 1. The molecule has 8 nitrogen and oxygen atoms in total. The van der Waals surface area contributed by atoms with E-state index in [9.17, 15) is 19.5 Å². The monoisotopic (exact) mass is 451 g/mol. The Bertz CT molecular complexity index is 1020. The smallest absolute Gasteiger partial charge is 0.251 e. The lowest BCUT2D eigenvalue weighted by molar-refractivity contribution is -0.126. The quantitative estimate of drug-likeness (QED) is 0.423. The Labute approximate surface area is 193 Å². The van der Waals surface area contributed by atoms with Crippen LogP contribution in [0.3, 0.4) is 0 Å². The van der Waals surface area contributed by atoms with Gasteiger partial charge in [-0.15, -0.1) is 0 Å². The van der Waals surface area contributed by atoms with E-state index in [1.807, 2.05) is 31.0 Å². The Balaban J connectivity index is 1.99. The molecule has 0 aromatic heterocycles. The zero-order valence-corrected chi connectivity index (χ0v) is 19.0. The molecule has 0 unspecified atom stereocenters. The van der Waals surface area contributed by atoms with E-state index in [4.69, 9.17) is 5.11 Å². The molecule has 4 N–H and O–H groups in total. The molecule has 0 heterocycles. The second-order valence-corrected chi connectivity index (χ2v) is 7.60. The molecule has 0 radical (unpaired) electrons. The van der Waals surface area contributed by atoms with Crippen LogP contribution in [0.25, 0.3) is 0 Å². The van der Waals surface area contributed by atoms with Gasteiger partial charge in [0.05, 0.1) is 12.6 Å². The molecule has 0 bridgehead atoms. The number of aliphatic hydroxyl groups is 2. The molecular weight excluding hydrogens is 422 g/mol. The lowest BCUT2D eigenvalue weighted by Gasteiger charge is -2.19. The van der Waals surface area contributed by atoms with E-state index in [0.717, 1.165) is 12.1 Å². The van der Waals surface area contributed by atoms with E-state index < -0.39 is 30.4 Å². The van der Waals surface area contributed by atoms with Gasteiger partial charge in [-0.3, -0.25) is 19.3 Å². The number of aliphatic hydroxyl groups excluding tert-OH is 2. The first kappa shape index (κ1) is 25.7. The third-order valence-corrected chi connectivity index (χ3v) is 4.89. The zero-order valence-electron chi connectivity index (χ0n) is 19.0. The van der Waals surface area contributed by atoms with Crippen LogP contribution < -0.4 is 10.6 Å². The molecule has 0 aliphatic heterocycles. The second-order valence-electron chi connectivity index (χ2n) is 7.60. The van der Waals surface area contributed by atoms with Gasteiger partial charge in [0.25, 0.3) is 5.91 Å². The molecule has 0 saturated carbocycles. The highest BCUT2D eigenvalue weighted by Crippen LogP contribution is 2.10. The second kappa shape index (κ2) is 12.5. The summed E-state index contributed by atoms with van der Waals surface area (Å²) < 4.78 is 0. The number of nitrogens with one attached hydrogen (secondary N) is 2. The summed E-state index contributed by atoms with van der Waals surface area (Å²) in [5.41, 5.74) is 2.44. The average molecular weight is 452 g/mol. The van der Waals surface area contributed by atoms with Gasteiger partial charge in [0, 0.05) is 22.4 Å². The van der Waals surface area contributed by atoms with E-state index in [0.29, 0.717) is 23.4 Å². The molecule has 0 aliphatic rings. The largest absolute Gasteiger partial charge is 0.391 e. The van der Waals surface area contributed by atoms with Crippen molar-refractivity contribution < 1.29 is 24.6 Å². The van der Waals surface area contributed by atoms with Crippen LogP contribution in [0.1, 0.15) is 35.3 Å². The number of Topliss-reactive ketones (excluding diaryl/α,β-unsaturated/α-hetero) is 1. The van der Waals surface area contributed by atoms with Crippen molar-refractivity contribution in [2.24, 2.45) is 0 Å². The van der Waals surface area contributed by atoms with Gasteiger partial charge in [-0.05, 0) is 69.0 Å². The Morgan fingerprint density at radius 2 is 1.55 bits per heavy atom. The molecule has 2 aromatic rings. The summed E-state index contributed by atoms with van der Waals surface area (Å²) in [5.74, 6) is 4.74. The highest BCUT2D eigenvalue weighted by molar-refractivity contribution is 5.98.